The summed E-state index contributed by atoms with van der Waals surface area (Å²) in [7, 11) is 1.52. The molecule has 0 fully saturated rings. The second kappa shape index (κ2) is 10.8. The highest BCUT2D eigenvalue weighted by molar-refractivity contribution is 7.80. The van der Waals surface area contributed by atoms with Crippen LogP contribution in [0.3, 0.4) is 0 Å². The fourth-order valence-corrected chi connectivity index (χ4v) is 2.33. The van der Waals surface area contributed by atoms with Crippen LogP contribution in [0.25, 0.3) is 0 Å². The van der Waals surface area contributed by atoms with Crippen LogP contribution in [0.4, 0.5) is 0 Å². The topological polar surface area (TPSA) is 88.7 Å². The molecule has 0 saturated heterocycles. The Kier molecular flexibility index (Phi) is 8.05. The third kappa shape index (κ3) is 7.33. The Bertz CT molecular complexity index is 784. The van der Waals surface area contributed by atoms with Crippen LogP contribution in [-0.2, 0) is 16.0 Å². The van der Waals surface area contributed by atoms with Crippen LogP contribution in [0.2, 0.25) is 0 Å². The second-order valence-electron chi connectivity index (χ2n) is 5.48. The van der Waals surface area contributed by atoms with E-state index in [1.54, 1.807) is 24.3 Å². The number of hydrazine groups is 1. The molecule has 0 saturated carbocycles. The normalized spacial score (nSPS) is 9.81. The lowest BCUT2D eigenvalue weighted by molar-refractivity contribution is -0.123. The minimum Gasteiger partial charge on any atom is -0.493 e. The van der Waals surface area contributed by atoms with Crippen molar-refractivity contribution in [1.29, 1.82) is 0 Å². The van der Waals surface area contributed by atoms with Gasteiger partial charge >= 0.3 is 0 Å². The molecule has 0 aromatic heterocycles. The van der Waals surface area contributed by atoms with E-state index in [9.17, 15) is 9.59 Å². The van der Waals surface area contributed by atoms with Crippen LogP contribution in [0, 0.1) is 0 Å². The second-order valence-corrected chi connectivity index (χ2v) is 5.88. The van der Waals surface area contributed by atoms with E-state index in [1.165, 1.54) is 7.11 Å². The molecule has 8 heteroatoms. The Morgan fingerprint density at radius 1 is 0.926 bits per heavy atom. The zero-order chi connectivity index (χ0) is 19.5. The predicted octanol–water partition coefficient (Wildman–Crippen LogP) is 1.73. The van der Waals surface area contributed by atoms with E-state index in [-0.39, 0.29) is 17.6 Å². The van der Waals surface area contributed by atoms with Gasteiger partial charge < -0.3 is 9.47 Å². The summed E-state index contributed by atoms with van der Waals surface area (Å²) >= 11 is 4.97. The van der Waals surface area contributed by atoms with Gasteiger partial charge in [0.25, 0.3) is 5.91 Å². The maximum absolute atomic E-state index is 11.9. The van der Waals surface area contributed by atoms with Crippen molar-refractivity contribution >= 4 is 29.1 Å². The van der Waals surface area contributed by atoms with Gasteiger partial charge in [-0.25, -0.2) is 0 Å². The first-order valence-corrected chi connectivity index (χ1v) is 8.67. The number of carbonyl (C=O) groups is 2. The maximum atomic E-state index is 11.9. The van der Waals surface area contributed by atoms with Crippen LogP contribution in [0.1, 0.15) is 12.0 Å². The first-order chi connectivity index (χ1) is 13.1. The van der Waals surface area contributed by atoms with Gasteiger partial charge in [-0.1, -0.05) is 42.5 Å². The number of thiocarbonyl (C=S) groups is 1. The van der Waals surface area contributed by atoms with Crippen LogP contribution in [0.15, 0.2) is 54.6 Å². The summed E-state index contributed by atoms with van der Waals surface area (Å²) in [4.78, 5) is 23.7. The Labute approximate surface area is 163 Å². The highest BCUT2D eigenvalue weighted by Gasteiger charge is 2.09. The Balaban J connectivity index is 1.65. The summed E-state index contributed by atoms with van der Waals surface area (Å²) in [5.74, 6) is 0.276. The number of amides is 2. The number of para-hydroxylation sites is 2. The average Bonchev–Trinajstić information content (AvgIpc) is 2.70. The van der Waals surface area contributed by atoms with Gasteiger partial charge in [-0.2, -0.15) is 0 Å². The smallest absolute Gasteiger partial charge is 0.264 e. The molecule has 0 bridgehead atoms. The molecule has 0 unspecified atom stereocenters. The molecular formula is C19H21N3O4S. The third-order valence-corrected chi connectivity index (χ3v) is 3.68. The number of benzene rings is 2. The molecule has 7 nitrogen and oxygen atoms in total. The average molecular weight is 387 g/mol. The molecule has 142 valence electrons. The summed E-state index contributed by atoms with van der Waals surface area (Å²) in [5, 5.41) is 2.40. The maximum Gasteiger partial charge on any atom is 0.264 e. The van der Waals surface area contributed by atoms with E-state index in [0.717, 1.165) is 5.56 Å². The summed E-state index contributed by atoms with van der Waals surface area (Å²) < 4.78 is 10.5. The van der Waals surface area contributed by atoms with Crippen molar-refractivity contribution < 1.29 is 19.1 Å². The van der Waals surface area contributed by atoms with Crippen molar-refractivity contribution in [3.8, 4) is 11.5 Å². The van der Waals surface area contributed by atoms with Crippen molar-refractivity contribution in [2.45, 2.75) is 12.8 Å². The molecule has 2 rings (SSSR count). The molecular weight excluding hydrogens is 366 g/mol. The highest BCUT2D eigenvalue weighted by Crippen LogP contribution is 2.25. The molecule has 0 aliphatic carbocycles. The largest absolute Gasteiger partial charge is 0.493 e. The lowest BCUT2D eigenvalue weighted by atomic mass is 10.1. The number of methoxy groups -OCH3 is 1. The van der Waals surface area contributed by atoms with Crippen molar-refractivity contribution in [1.82, 2.24) is 16.2 Å². The fourth-order valence-electron chi connectivity index (χ4n) is 2.17. The zero-order valence-electron chi connectivity index (χ0n) is 14.9. The van der Waals surface area contributed by atoms with Gasteiger partial charge in [-0.15, -0.1) is 0 Å². The fraction of sp³-hybridized carbons (Fsp3) is 0.211. The number of hydrogen-bond donors (Lipinski definition) is 3. The molecule has 0 atom stereocenters. The van der Waals surface area contributed by atoms with Gasteiger partial charge in [-0.05, 0) is 36.3 Å². The number of nitrogens with one attached hydrogen (secondary N) is 3. The van der Waals surface area contributed by atoms with E-state index in [2.05, 4.69) is 16.2 Å². The Morgan fingerprint density at radius 3 is 2.30 bits per heavy atom. The first-order valence-electron chi connectivity index (χ1n) is 8.27. The van der Waals surface area contributed by atoms with Crippen molar-refractivity contribution in [3.05, 3.63) is 60.2 Å². The van der Waals surface area contributed by atoms with Gasteiger partial charge in [0.2, 0.25) is 5.91 Å². The number of aryl methyl sites for hydroxylation is 1. The highest BCUT2D eigenvalue weighted by atomic mass is 32.1. The molecule has 2 aromatic rings. The van der Waals surface area contributed by atoms with Gasteiger partial charge in [0.15, 0.2) is 23.2 Å². The van der Waals surface area contributed by atoms with E-state index in [1.807, 2.05) is 30.3 Å². The lowest BCUT2D eigenvalue weighted by Crippen LogP contribution is -2.49. The summed E-state index contributed by atoms with van der Waals surface area (Å²) in [6.07, 6.45) is 0.907. The monoisotopic (exact) mass is 387 g/mol. The van der Waals surface area contributed by atoms with Crippen molar-refractivity contribution in [3.63, 3.8) is 0 Å². The predicted molar refractivity (Wildman–Crippen MR) is 105 cm³/mol. The molecule has 0 spiro atoms. The van der Waals surface area contributed by atoms with Crippen LogP contribution in [0.5, 0.6) is 11.5 Å². The van der Waals surface area contributed by atoms with E-state index in [0.29, 0.717) is 24.3 Å². The van der Waals surface area contributed by atoms with Crippen LogP contribution >= 0.6 is 12.2 Å². The van der Waals surface area contributed by atoms with E-state index in [4.69, 9.17) is 21.7 Å². The number of rotatable bonds is 7. The van der Waals surface area contributed by atoms with Crippen LogP contribution < -0.4 is 25.6 Å². The molecule has 0 aliphatic heterocycles. The number of carbonyl (C=O) groups excluding carboxylic acids is 2. The standard InChI is InChI=1S/C19H21N3O4S/c1-25-15-9-5-6-10-16(15)26-13-18(24)20-19(27)22-21-17(23)12-11-14-7-3-2-4-8-14/h2-10H,11-13H2,1H3,(H,21,23)(H2,20,22,24,27). The zero-order valence-corrected chi connectivity index (χ0v) is 15.7. The van der Waals surface area contributed by atoms with Crippen molar-refractivity contribution in [2.24, 2.45) is 0 Å². The Hall–Kier alpha value is -3.13. The summed E-state index contributed by atoms with van der Waals surface area (Å²) in [6, 6.07) is 16.6. The minimum absolute atomic E-state index is 0.0170. The Morgan fingerprint density at radius 2 is 1.59 bits per heavy atom. The van der Waals surface area contributed by atoms with Gasteiger partial charge in [-0.3, -0.25) is 25.8 Å². The molecule has 27 heavy (non-hydrogen) atoms. The molecule has 0 radical (unpaired) electrons. The quantitative estimate of drug-likeness (QED) is 0.495. The first kappa shape index (κ1) is 20.2. The van der Waals surface area contributed by atoms with Gasteiger partial charge in [0.1, 0.15) is 0 Å². The lowest BCUT2D eigenvalue weighted by Gasteiger charge is -2.12. The summed E-state index contributed by atoms with van der Waals surface area (Å²) in [6.45, 7) is -0.246. The molecule has 0 heterocycles. The molecule has 2 amide bonds. The van der Waals surface area contributed by atoms with Crippen LogP contribution in [-0.4, -0.2) is 30.6 Å². The van der Waals surface area contributed by atoms with E-state index < -0.39 is 5.91 Å². The van der Waals surface area contributed by atoms with E-state index >= 15 is 0 Å². The number of ether oxygens (including phenoxy) is 2. The third-order valence-electron chi connectivity index (χ3n) is 3.48. The minimum atomic E-state index is -0.461. The molecule has 0 aliphatic rings. The van der Waals surface area contributed by atoms with Gasteiger partial charge in [0, 0.05) is 6.42 Å². The molecule has 2 aromatic carbocycles. The summed E-state index contributed by atoms with van der Waals surface area (Å²) in [5.41, 5.74) is 6.00. The van der Waals surface area contributed by atoms with Crippen molar-refractivity contribution in [2.75, 3.05) is 13.7 Å². The number of hydrogen-bond acceptors (Lipinski definition) is 5. The SMILES string of the molecule is COc1ccccc1OCC(=O)NC(=S)NNC(=O)CCc1ccccc1. The molecule has 3 N–H and O–H groups in total. The van der Waals surface area contributed by atoms with Gasteiger partial charge in [0.05, 0.1) is 7.11 Å².